The molecule has 0 radical (unpaired) electrons. The maximum atomic E-state index is 13.6. The van der Waals surface area contributed by atoms with Crippen molar-refractivity contribution in [1.29, 1.82) is 0 Å². The topological polar surface area (TPSA) is 63.6 Å². The molecule has 0 spiro atoms. The third-order valence-corrected chi connectivity index (χ3v) is 7.07. The van der Waals surface area contributed by atoms with Crippen molar-refractivity contribution in [1.82, 2.24) is 0 Å². The number of allylic oxidation sites excluding steroid dienone is 2. The Hall–Kier alpha value is -2.10. The fourth-order valence-corrected chi connectivity index (χ4v) is 5.57. The average molecular weight is 399 g/mol. The van der Waals surface area contributed by atoms with E-state index in [2.05, 4.69) is 13.8 Å². The minimum Gasteiger partial charge on any atom is -0.449 e. The van der Waals surface area contributed by atoms with Crippen molar-refractivity contribution >= 4 is 17.5 Å². The fraction of sp³-hybridized carbons (Fsp3) is 0.600. The molecular weight excluding hydrogens is 364 g/mol. The number of hydrogen-bond acceptors (Lipinski definition) is 3. The zero-order valence-electron chi connectivity index (χ0n) is 18.0. The van der Waals surface area contributed by atoms with E-state index in [1.54, 1.807) is 0 Å². The lowest BCUT2D eigenvalue weighted by Gasteiger charge is -2.41. The SMILES string of the molecule is CCCCC(CC)CC12CCCCC1C(=O)C(c1ccccc1C)=C2OC(=O)O. The summed E-state index contributed by atoms with van der Waals surface area (Å²) in [4.78, 5) is 25.3. The van der Waals surface area contributed by atoms with Gasteiger partial charge in [0.15, 0.2) is 5.78 Å². The minimum absolute atomic E-state index is 0.0839. The van der Waals surface area contributed by atoms with Crippen LogP contribution >= 0.6 is 0 Å². The highest BCUT2D eigenvalue weighted by molar-refractivity contribution is 6.25. The Balaban J connectivity index is 2.14. The lowest BCUT2D eigenvalue weighted by atomic mass is 9.62. The van der Waals surface area contributed by atoms with E-state index < -0.39 is 11.6 Å². The lowest BCUT2D eigenvalue weighted by molar-refractivity contribution is -0.121. The number of aryl methyl sites for hydroxylation is 1. The molecule has 29 heavy (non-hydrogen) atoms. The van der Waals surface area contributed by atoms with E-state index >= 15 is 0 Å². The Morgan fingerprint density at radius 2 is 2.03 bits per heavy atom. The van der Waals surface area contributed by atoms with Crippen LogP contribution in [0, 0.1) is 24.2 Å². The molecule has 2 aliphatic carbocycles. The maximum absolute atomic E-state index is 13.6. The van der Waals surface area contributed by atoms with Gasteiger partial charge < -0.3 is 9.84 Å². The van der Waals surface area contributed by atoms with Gasteiger partial charge in [0.1, 0.15) is 5.76 Å². The molecule has 4 nitrogen and oxygen atoms in total. The van der Waals surface area contributed by atoms with Crippen molar-refractivity contribution in [3.8, 4) is 0 Å². The number of fused-ring (bicyclic) bond motifs is 1. The van der Waals surface area contributed by atoms with Crippen molar-refractivity contribution in [2.75, 3.05) is 0 Å². The van der Waals surface area contributed by atoms with E-state index in [1.165, 1.54) is 0 Å². The van der Waals surface area contributed by atoms with Crippen LogP contribution in [0.2, 0.25) is 0 Å². The van der Waals surface area contributed by atoms with E-state index in [0.717, 1.165) is 68.9 Å². The maximum Gasteiger partial charge on any atom is 0.511 e. The largest absolute Gasteiger partial charge is 0.511 e. The predicted octanol–water partition coefficient (Wildman–Crippen LogP) is 6.77. The molecule has 3 unspecified atom stereocenters. The summed E-state index contributed by atoms with van der Waals surface area (Å²) in [5, 5.41) is 9.56. The van der Waals surface area contributed by atoms with Crippen molar-refractivity contribution in [3.63, 3.8) is 0 Å². The molecule has 0 heterocycles. The number of carbonyl (C=O) groups is 2. The molecular formula is C25H34O4. The lowest BCUT2D eigenvalue weighted by Crippen LogP contribution is -2.37. The second-order valence-electron chi connectivity index (χ2n) is 8.83. The predicted molar refractivity (Wildman–Crippen MR) is 115 cm³/mol. The number of Topliss-reactive ketones (excluding diaryl/α,β-unsaturated/α-hetero) is 1. The molecule has 2 aliphatic rings. The van der Waals surface area contributed by atoms with Gasteiger partial charge in [-0.2, -0.15) is 0 Å². The van der Waals surface area contributed by atoms with E-state index in [0.29, 0.717) is 17.3 Å². The normalized spacial score (nSPS) is 25.1. The van der Waals surface area contributed by atoms with Crippen LogP contribution < -0.4 is 0 Å². The van der Waals surface area contributed by atoms with Gasteiger partial charge in [-0.1, -0.05) is 76.6 Å². The van der Waals surface area contributed by atoms with Crippen LogP contribution in [0.1, 0.15) is 82.8 Å². The highest BCUT2D eigenvalue weighted by atomic mass is 16.7. The minimum atomic E-state index is -1.31. The molecule has 4 heteroatoms. The molecule has 1 aromatic rings. The molecule has 1 aromatic carbocycles. The molecule has 0 bridgehead atoms. The smallest absolute Gasteiger partial charge is 0.449 e. The molecule has 0 aromatic heterocycles. The first kappa shape index (κ1) is 21.6. The summed E-state index contributed by atoms with van der Waals surface area (Å²) >= 11 is 0. The summed E-state index contributed by atoms with van der Waals surface area (Å²) in [6.07, 6.45) is 7.70. The number of carboxylic acid groups (broad SMARTS) is 1. The average Bonchev–Trinajstić information content (AvgIpc) is 2.93. The second-order valence-corrected chi connectivity index (χ2v) is 8.83. The van der Waals surface area contributed by atoms with Crippen LogP contribution in [0.4, 0.5) is 4.79 Å². The summed E-state index contributed by atoms with van der Waals surface area (Å²) in [5.41, 5.74) is 1.85. The third-order valence-electron chi connectivity index (χ3n) is 7.07. The second kappa shape index (κ2) is 9.15. The van der Waals surface area contributed by atoms with Crippen molar-refractivity contribution < 1.29 is 19.4 Å². The number of hydrogen-bond donors (Lipinski definition) is 1. The van der Waals surface area contributed by atoms with Gasteiger partial charge in [0.25, 0.3) is 0 Å². The number of unbranched alkanes of at least 4 members (excludes halogenated alkanes) is 1. The number of carbonyl (C=O) groups excluding carboxylic acids is 1. The van der Waals surface area contributed by atoms with Crippen LogP contribution in [0.5, 0.6) is 0 Å². The van der Waals surface area contributed by atoms with E-state index in [-0.39, 0.29) is 11.7 Å². The Morgan fingerprint density at radius 3 is 2.69 bits per heavy atom. The van der Waals surface area contributed by atoms with Gasteiger partial charge in [-0.05, 0) is 43.2 Å². The van der Waals surface area contributed by atoms with Crippen molar-refractivity contribution in [2.24, 2.45) is 17.3 Å². The highest BCUT2D eigenvalue weighted by Gasteiger charge is 2.57. The van der Waals surface area contributed by atoms with E-state index in [4.69, 9.17) is 4.74 Å². The zero-order valence-corrected chi connectivity index (χ0v) is 18.0. The molecule has 3 atom stereocenters. The third kappa shape index (κ3) is 4.12. The quantitative estimate of drug-likeness (QED) is 0.491. The van der Waals surface area contributed by atoms with Gasteiger partial charge in [0.2, 0.25) is 0 Å². The number of ether oxygens (including phenoxy) is 1. The van der Waals surface area contributed by atoms with E-state index in [1.807, 2.05) is 31.2 Å². The summed E-state index contributed by atoms with van der Waals surface area (Å²) in [6.45, 7) is 6.37. The Labute approximate surface area is 174 Å². The molecule has 0 amide bonds. The molecule has 0 aliphatic heterocycles. The first-order valence-corrected chi connectivity index (χ1v) is 11.2. The van der Waals surface area contributed by atoms with Gasteiger partial charge in [0.05, 0.1) is 5.57 Å². The van der Waals surface area contributed by atoms with Gasteiger partial charge in [-0.3, -0.25) is 4.79 Å². The number of benzene rings is 1. The van der Waals surface area contributed by atoms with Gasteiger partial charge in [-0.15, -0.1) is 0 Å². The van der Waals surface area contributed by atoms with Gasteiger partial charge in [-0.25, -0.2) is 4.79 Å². The van der Waals surface area contributed by atoms with Crippen LogP contribution in [-0.4, -0.2) is 17.0 Å². The standard InChI is InChI=1S/C25H34O4/c1-4-6-12-18(5-2)16-25-15-10-9-14-20(25)22(26)21(23(25)29-24(27)28)19-13-8-7-11-17(19)3/h7-8,11,13,18,20H,4-6,9-10,12,14-16H2,1-3H3,(H,27,28). The Bertz CT molecular complexity index is 794. The number of ketones is 1. The summed E-state index contributed by atoms with van der Waals surface area (Å²) < 4.78 is 5.50. The van der Waals surface area contributed by atoms with Crippen molar-refractivity contribution in [2.45, 2.75) is 78.6 Å². The molecule has 1 N–H and O–H groups in total. The Morgan fingerprint density at radius 1 is 1.28 bits per heavy atom. The van der Waals surface area contributed by atoms with Gasteiger partial charge in [0, 0.05) is 11.3 Å². The summed E-state index contributed by atoms with van der Waals surface area (Å²) in [7, 11) is 0. The monoisotopic (exact) mass is 398 g/mol. The summed E-state index contributed by atoms with van der Waals surface area (Å²) in [5.74, 6) is 0.840. The summed E-state index contributed by atoms with van der Waals surface area (Å²) in [6, 6.07) is 7.74. The van der Waals surface area contributed by atoms with Crippen LogP contribution in [0.15, 0.2) is 30.0 Å². The molecule has 1 saturated carbocycles. The van der Waals surface area contributed by atoms with Crippen LogP contribution in [0.25, 0.3) is 5.57 Å². The Kier molecular flexibility index (Phi) is 6.81. The highest BCUT2D eigenvalue weighted by Crippen LogP contribution is 2.59. The molecule has 1 fully saturated rings. The first-order valence-electron chi connectivity index (χ1n) is 11.2. The number of rotatable bonds is 8. The zero-order chi connectivity index (χ0) is 21.0. The van der Waals surface area contributed by atoms with Crippen LogP contribution in [-0.2, 0) is 9.53 Å². The fourth-order valence-electron chi connectivity index (χ4n) is 5.57. The molecule has 158 valence electrons. The van der Waals surface area contributed by atoms with Crippen LogP contribution in [0.3, 0.4) is 0 Å². The first-order chi connectivity index (χ1) is 13.9. The molecule has 3 rings (SSSR count). The molecule has 0 saturated heterocycles. The van der Waals surface area contributed by atoms with E-state index in [9.17, 15) is 14.7 Å². The van der Waals surface area contributed by atoms with Gasteiger partial charge >= 0.3 is 6.16 Å². The van der Waals surface area contributed by atoms with Crippen molar-refractivity contribution in [3.05, 3.63) is 41.2 Å².